The number of Topliss-reactive ketones (excluding diaryl/α,β-unsaturated/α-hetero) is 1. The van der Waals surface area contributed by atoms with Crippen LogP contribution in [0.2, 0.25) is 0 Å². The Labute approximate surface area is 148 Å². The molecule has 1 saturated heterocycles. The van der Waals surface area contributed by atoms with Crippen molar-refractivity contribution in [3.05, 3.63) is 34.9 Å². The van der Waals surface area contributed by atoms with Gasteiger partial charge < -0.3 is 9.80 Å². The highest BCUT2D eigenvalue weighted by atomic mass is 32.2. The van der Waals surface area contributed by atoms with Gasteiger partial charge in [-0.1, -0.05) is 30.3 Å². The topological polar surface area (TPSA) is 48.5 Å². The Morgan fingerprint density at radius 3 is 2.54 bits per heavy atom. The van der Waals surface area contributed by atoms with Crippen LogP contribution in [0.15, 0.2) is 39.8 Å². The van der Waals surface area contributed by atoms with Gasteiger partial charge in [-0.15, -0.1) is 0 Å². The van der Waals surface area contributed by atoms with E-state index in [0.717, 1.165) is 28.7 Å². The molecule has 1 aromatic rings. The minimum atomic E-state index is -0.0183. The lowest BCUT2D eigenvalue weighted by Gasteiger charge is -2.21. The summed E-state index contributed by atoms with van der Waals surface area (Å²) in [5.41, 5.74) is 1.38. The summed E-state index contributed by atoms with van der Waals surface area (Å²) in [6.07, 6.45) is 6.20. The fraction of sp³-hybridized carbons (Fsp3) is 0.474. The molecule has 2 aliphatic heterocycles. The van der Waals surface area contributed by atoms with Crippen LogP contribution >= 0.6 is 11.8 Å². The zero-order chi connectivity index (χ0) is 16.9. The predicted octanol–water partition coefficient (Wildman–Crippen LogP) is 2.38. The third kappa shape index (κ3) is 3.66. The summed E-state index contributed by atoms with van der Waals surface area (Å²) in [6.45, 7) is 2.53. The molecule has 2 aliphatic rings. The molecule has 2 heterocycles. The molecule has 4 nitrogen and oxygen atoms in total. The number of thioether (sulfide) groups is 1. The highest BCUT2D eigenvalue weighted by molar-refractivity contribution is 8.03. The van der Waals surface area contributed by atoms with Gasteiger partial charge in [0.15, 0.2) is 0 Å². The van der Waals surface area contributed by atoms with E-state index in [1.165, 1.54) is 48.8 Å². The zero-order valence-electron chi connectivity index (χ0n) is 14.2. The second kappa shape index (κ2) is 7.87. The monoisotopic (exact) mass is 342 g/mol. The van der Waals surface area contributed by atoms with E-state index in [2.05, 4.69) is 6.07 Å². The number of carbonyl (C=O) groups excluding carboxylic acids is 1. The third-order valence-electron chi connectivity index (χ3n) is 4.81. The summed E-state index contributed by atoms with van der Waals surface area (Å²) in [5, 5.41) is 10.4. The summed E-state index contributed by atoms with van der Waals surface area (Å²) in [6, 6.07) is 10.2. The normalized spacial score (nSPS) is 20.8. The van der Waals surface area contributed by atoms with Crippen LogP contribution in [0.3, 0.4) is 0 Å². The highest BCUT2D eigenvalue weighted by Crippen LogP contribution is 2.45. The van der Waals surface area contributed by atoms with Crippen molar-refractivity contribution in [3.8, 4) is 6.07 Å². The van der Waals surface area contributed by atoms with E-state index in [1.807, 2.05) is 36.2 Å². The van der Waals surface area contributed by atoms with Crippen molar-refractivity contribution in [2.24, 2.45) is 0 Å². The number of ketones is 1. The molecule has 1 fully saturated rings. The SMILES string of the molecule is CN1/C(=C(\C#N)C(=O)C[NH+]2CCCCCCC2)Sc2ccccc21. The molecule has 1 N–H and O–H groups in total. The second-order valence-electron chi connectivity index (χ2n) is 6.54. The first kappa shape index (κ1) is 17.1. The van der Waals surface area contributed by atoms with Crippen LogP contribution in [0, 0.1) is 11.3 Å². The van der Waals surface area contributed by atoms with Gasteiger partial charge in [-0.05, 0) is 37.8 Å². The van der Waals surface area contributed by atoms with E-state index in [-0.39, 0.29) is 5.78 Å². The number of nitriles is 1. The second-order valence-corrected chi connectivity index (χ2v) is 7.57. The lowest BCUT2D eigenvalue weighted by Crippen LogP contribution is -3.13. The van der Waals surface area contributed by atoms with Gasteiger partial charge in [0.1, 0.15) is 23.2 Å². The molecule has 3 rings (SSSR count). The van der Waals surface area contributed by atoms with Crippen molar-refractivity contribution in [1.82, 2.24) is 0 Å². The molecule has 0 aliphatic carbocycles. The van der Waals surface area contributed by atoms with Gasteiger partial charge in [-0.2, -0.15) is 5.26 Å². The molecule has 5 heteroatoms. The number of nitrogens with one attached hydrogen (secondary N) is 1. The summed E-state index contributed by atoms with van der Waals surface area (Å²) in [4.78, 5) is 17.2. The fourth-order valence-electron chi connectivity index (χ4n) is 3.45. The number of hydrogen-bond acceptors (Lipinski definition) is 4. The maximum atomic E-state index is 12.8. The van der Waals surface area contributed by atoms with E-state index >= 15 is 0 Å². The van der Waals surface area contributed by atoms with E-state index in [1.54, 1.807) is 0 Å². The quantitative estimate of drug-likeness (QED) is 0.677. The third-order valence-corrected chi connectivity index (χ3v) is 6.05. The molecule has 0 atom stereocenters. The molecule has 126 valence electrons. The molecule has 0 bridgehead atoms. The van der Waals surface area contributed by atoms with Crippen molar-refractivity contribution < 1.29 is 9.69 Å². The summed E-state index contributed by atoms with van der Waals surface area (Å²) >= 11 is 1.53. The van der Waals surface area contributed by atoms with Crippen molar-refractivity contribution in [3.63, 3.8) is 0 Å². The average Bonchev–Trinajstić information content (AvgIpc) is 2.88. The van der Waals surface area contributed by atoms with E-state index in [0.29, 0.717) is 12.1 Å². The van der Waals surface area contributed by atoms with Crippen LogP contribution in [0.1, 0.15) is 32.1 Å². The zero-order valence-corrected chi connectivity index (χ0v) is 15.0. The molecule has 24 heavy (non-hydrogen) atoms. The number of likely N-dealkylation sites (tertiary alicyclic amines) is 1. The Morgan fingerprint density at radius 1 is 1.21 bits per heavy atom. The molecule has 0 radical (unpaired) electrons. The van der Waals surface area contributed by atoms with E-state index in [4.69, 9.17) is 0 Å². The average molecular weight is 342 g/mol. The van der Waals surface area contributed by atoms with Crippen LogP contribution in [-0.4, -0.2) is 32.5 Å². The summed E-state index contributed by atoms with van der Waals surface area (Å²) in [5.74, 6) is -0.0183. The number of benzene rings is 1. The van der Waals surface area contributed by atoms with Crippen LogP contribution in [-0.2, 0) is 4.79 Å². The van der Waals surface area contributed by atoms with E-state index < -0.39 is 0 Å². The van der Waals surface area contributed by atoms with Gasteiger partial charge in [0, 0.05) is 11.9 Å². The lowest BCUT2D eigenvalue weighted by atomic mass is 10.1. The standard InChI is InChI=1S/C19H23N3OS/c1-21-16-9-5-6-10-18(16)24-19(21)15(13-20)17(23)14-22-11-7-3-2-4-8-12-22/h5-6,9-10H,2-4,7-8,11-12,14H2,1H3/p+1/b19-15-. The molecule has 0 spiro atoms. The van der Waals surface area contributed by atoms with Crippen LogP contribution in [0.5, 0.6) is 0 Å². The number of carbonyl (C=O) groups is 1. The first-order chi connectivity index (χ1) is 11.7. The molecular formula is C19H24N3OS+. The number of para-hydroxylation sites is 1. The largest absolute Gasteiger partial charge is 0.337 e. The smallest absolute Gasteiger partial charge is 0.230 e. The lowest BCUT2D eigenvalue weighted by molar-refractivity contribution is -0.892. The maximum absolute atomic E-state index is 12.8. The highest BCUT2D eigenvalue weighted by Gasteiger charge is 2.29. The summed E-state index contributed by atoms with van der Waals surface area (Å²) < 4.78 is 0. The van der Waals surface area contributed by atoms with Gasteiger partial charge in [-0.3, -0.25) is 4.79 Å². The number of quaternary nitrogens is 1. The van der Waals surface area contributed by atoms with Gasteiger partial charge in [0.25, 0.3) is 0 Å². The van der Waals surface area contributed by atoms with Gasteiger partial charge in [0.05, 0.1) is 18.8 Å². The van der Waals surface area contributed by atoms with Crippen LogP contribution in [0.4, 0.5) is 5.69 Å². The van der Waals surface area contributed by atoms with Gasteiger partial charge in [-0.25, -0.2) is 0 Å². The first-order valence-electron chi connectivity index (χ1n) is 8.72. The van der Waals surface area contributed by atoms with Crippen LogP contribution < -0.4 is 9.80 Å². The van der Waals surface area contributed by atoms with Crippen molar-refractivity contribution >= 4 is 23.2 Å². The Balaban J connectivity index is 1.76. The van der Waals surface area contributed by atoms with Crippen molar-refractivity contribution in [2.75, 3.05) is 31.6 Å². The molecule has 0 saturated carbocycles. The molecule has 0 unspecified atom stereocenters. The number of fused-ring (bicyclic) bond motifs is 1. The van der Waals surface area contributed by atoms with Crippen LogP contribution in [0.25, 0.3) is 0 Å². The predicted molar refractivity (Wildman–Crippen MR) is 97.0 cm³/mol. The fourth-order valence-corrected chi connectivity index (χ4v) is 4.61. The number of anilines is 1. The Kier molecular flexibility index (Phi) is 5.60. The number of rotatable bonds is 3. The van der Waals surface area contributed by atoms with Gasteiger partial charge >= 0.3 is 0 Å². The Morgan fingerprint density at radius 2 is 1.88 bits per heavy atom. The number of hydrogen-bond donors (Lipinski definition) is 1. The summed E-state index contributed by atoms with van der Waals surface area (Å²) in [7, 11) is 1.93. The molecule has 0 amide bonds. The Hall–Kier alpha value is -1.77. The molecule has 1 aromatic carbocycles. The Bertz CT molecular complexity index is 684. The first-order valence-corrected chi connectivity index (χ1v) is 9.54. The minimum absolute atomic E-state index is 0.0183. The van der Waals surface area contributed by atoms with E-state index in [9.17, 15) is 10.1 Å². The van der Waals surface area contributed by atoms with Crippen molar-refractivity contribution in [2.45, 2.75) is 37.0 Å². The maximum Gasteiger partial charge on any atom is 0.230 e. The molecule has 0 aromatic heterocycles. The minimum Gasteiger partial charge on any atom is -0.337 e. The molecular weight excluding hydrogens is 318 g/mol. The van der Waals surface area contributed by atoms with Gasteiger partial charge in [0.2, 0.25) is 5.78 Å². The number of nitrogens with zero attached hydrogens (tertiary/aromatic N) is 2. The van der Waals surface area contributed by atoms with Crippen molar-refractivity contribution in [1.29, 1.82) is 5.26 Å².